The van der Waals surface area contributed by atoms with Gasteiger partial charge in [-0.3, -0.25) is 19.2 Å². The van der Waals surface area contributed by atoms with Crippen LogP contribution < -0.4 is 27.4 Å². The van der Waals surface area contributed by atoms with Crippen LogP contribution in [-0.4, -0.2) is 70.6 Å². The Balaban J connectivity index is 5.51. The summed E-state index contributed by atoms with van der Waals surface area (Å²) in [5.74, 6) is -5.25. The van der Waals surface area contributed by atoms with E-state index in [0.717, 1.165) is 0 Å². The van der Waals surface area contributed by atoms with Gasteiger partial charge in [-0.1, -0.05) is 34.1 Å². The second-order valence-corrected chi connectivity index (χ2v) is 7.46. The van der Waals surface area contributed by atoms with Crippen LogP contribution in [0.5, 0.6) is 0 Å². The van der Waals surface area contributed by atoms with Crippen LogP contribution in [0, 0.1) is 11.8 Å². The number of hydrogen-bond donors (Lipinski definition) is 7. The number of primary amides is 1. The van der Waals surface area contributed by atoms with Gasteiger partial charge in [-0.05, 0) is 11.8 Å². The third-order valence-corrected chi connectivity index (χ3v) is 4.65. The summed E-state index contributed by atoms with van der Waals surface area (Å²) in [4.78, 5) is 59.8. The first-order valence-corrected chi connectivity index (χ1v) is 9.64. The lowest BCUT2D eigenvalue weighted by Crippen LogP contribution is -2.59. The number of carboxylic acid groups (broad SMARTS) is 1. The van der Waals surface area contributed by atoms with Gasteiger partial charge in [0.1, 0.15) is 18.1 Å². The highest BCUT2D eigenvalue weighted by Crippen LogP contribution is 2.10. The highest BCUT2D eigenvalue weighted by molar-refractivity contribution is 5.96. The third-order valence-electron chi connectivity index (χ3n) is 4.65. The summed E-state index contributed by atoms with van der Waals surface area (Å²) in [6.07, 6.45) is -0.102. The molecule has 5 atom stereocenters. The van der Waals surface area contributed by atoms with E-state index in [9.17, 15) is 24.0 Å². The van der Waals surface area contributed by atoms with Gasteiger partial charge in [-0.2, -0.15) is 0 Å². The van der Waals surface area contributed by atoms with E-state index in [2.05, 4.69) is 10.6 Å². The van der Waals surface area contributed by atoms with Crippen molar-refractivity contribution < 1.29 is 34.2 Å². The van der Waals surface area contributed by atoms with Crippen molar-refractivity contribution in [1.82, 2.24) is 16.0 Å². The average molecular weight is 431 g/mol. The summed E-state index contributed by atoms with van der Waals surface area (Å²) in [6.45, 7) is 6.11. The molecule has 0 saturated heterocycles. The molecule has 0 aliphatic carbocycles. The Bertz CT molecular complexity index is 640. The molecule has 0 aromatic rings. The van der Waals surface area contributed by atoms with Gasteiger partial charge in [0.15, 0.2) is 0 Å². The maximum absolute atomic E-state index is 12.8. The number of aliphatic carboxylic acids is 1. The molecule has 0 saturated carbocycles. The Morgan fingerprint density at radius 2 is 1.43 bits per heavy atom. The number of nitrogens with two attached hydrogens (primary N) is 2. The van der Waals surface area contributed by atoms with Crippen molar-refractivity contribution in [1.29, 1.82) is 0 Å². The first-order chi connectivity index (χ1) is 13.8. The smallest absolute Gasteiger partial charge is 0.328 e. The zero-order valence-electron chi connectivity index (χ0n) is 17.7. The molecule has 0 spiro atoms. The normalized spacial score (nSPS) is 16.0. The number of carboxylic acids is 1. The quantitative estimate of drug-likeness (QED) is 0.164. The van der Waals surface area contributed by atoms with Crippen molar-refractivity contribution in [3.8, 4) is 0 Å². The Kier molecular flexibility index (Phi) is 11.6. The highest BCUT2D eigenvalue weighted by Gasteiger charge is 2.33. The summed E-state index contributed by atoms with van der Waals surface area (Å²) < 4.78 is 0. The monoisotopic (exact) mass is 431 g/mol. The first-order valence-electron chi connectivity index (χ1n) is 9.64. The molecule has 0 aromatic carbocycles. The van der Waals surface area contributed by atoms with E-state index in [-0.39, 0.29) is 11.8 Å². The van der Waals surface area contributed by atoms with Gasteiger partial charge in [0.25, 0.3) is 0 Å². The minimum absolute atomic E-state index is 0.175. The lowest BCUT2D eigenvalue weighted by atomic mass is 9.96. The van der Waals surface area contributed by atoms with E-state index in [4.69, 9.17) is 21.7 Å². The fourth-order valence-electron chi connectivity index (χ4n) is 2.38. The molecule has 0 rings (SSSR count). The Labute approximate surface area is 175 Å². The summed E-state index contributed by atoms with van der Waals surface area (Å²) in [7, 11) is 0. The molecule has 0 heterocycles. The lowest BCUT2D eigenvalue weighted by Gasteiger charge is -2.28. The number of nitrogens with one attached hydrogen (secondary N) is 3. The Morgan fingerprint density at radius 1 is 0.900 bits per heavy atom. The van der Waals surface area contributed by atoms with Gasteiger partial charge < -0.3 is 37.6 Å². The van der Waals surface area contributed by atoms with Crippen LogP contribution in [-0.2, 0) is 24.0 Å². The van der Waals surface area contributed by atoms with Crippen molar-refractivity contribution in [3.63, 3.8) is 0 Å². The molecule has 30 heavy (non-hydrogen) atoms. The van der Waals surface area contributed by atoms with E-state index < -0.39 is 66.8 Å². The summed E-state index contributed by atoms with van der Waals surface area (Å²) in [6, 6.07) is -5.02. The molecule has 0 aliphatic heterocycles. The van der Waals surface area contributed by atoms with Crippen LogP contribution >= 0.6 is 0 Å². The van der Waals surface area contributed by atoms with Gasteiger partial charge >= 0.3 is 5.97 Å². The van der Waals surface area contributed by atoms with E-state index in [1.807, 2.05) is 5.32 Å². The number of rotatable bonds is 13. The minimum Gasteiger partial charge on any atom is -0.480 e. The molecule has 0 bridgehead atoms. The van der Waals surface area contributed by atoms with Crippen molar-refractivity contribution in [2.75, 3.05) is 6.61 Å². The molecule has 5 unspecified atom stereocenters. The molecule has 12 nitrogen and oxygen atoms in total. The predicted octanol–water partition coefficient (Wildman–Crippen LogP) is -2.58. The number of carbonyl (C=O) groups excluding carboxylic acids is 4. The van der Waals surface area contributed by atoms with Gasteiger partial charge in [0.05, 0.1) is 19.1 Å². The molecule has 0 fully saturated rings. The van der Waals surface area contributed by atoms with E-state index in [1.165, 1.54) is 0 Å². The lowest BCUT2D eigenvalue weighted by molar-refractivity contribution is -0.143. The maximum Gasteiger partial charge on any atom is 0.328 e. The van der Waals surface area contributed by atoms with Crippen LogP contribution in [0.1, 0.15) is 40.5 Å². The van der Waals surface area contributed by atoms with Gasteiger partial charge in [0.2, 0.25) is 23.6 Å². The Hall–Kier alpha value is -2.73. The molecule has 0 radical (unpaired) electrons. The molecule has 0 aromatic heterocycles. The second kappa shape index (κ2) is 12.8. The van der Waals surface area contributed by atoms with E-state index >= 15 is 0 Å². The zero-order valence-corrected chi connectivity index (χ0v) is 17.7. The maximum atomic E-state index is 12.8. The van der Waals surface area contributed by atoms with Crippen LogP contribution in [0.2, 0.25) is 0 Å². The third kappa shape index (κ3) is 8.74. The van der Waals surface area contributed by atoms with Crippen LogP contribution in [0.3, 0.4) is 0 Å². The summed E-state index contributed by atoms with van der Waals surface area (Å²) >= 11 is 0. The first kappa shape index (κ1) is 27.3. The number of carbonyl (C=O) groups is 5. The van der Waals surface area contributed by atoms with Crippen LogP contribution in [0.4, 0.5) is 0 Å². The molecule has 12 heteroatoms. The number of aliphatic hydroxyl groups is 1. The molecule has 172 valence electrons. The average Bonchev–Trinajstić information content (AvgIpc) is 2.66. The predicted molar refractivity (Wildman–Crippen MR) is 107 cm³/mol. The van der Waals surface area contributed by atoms with Crippen molar-refractivity contribution in [2.45, 2.75) is 64.7 Å². The topological polar surface area (TPSA) is 214 Å². The fraction of sp³-hybridized carbons (Fsp3) is 0.722. The summed E-state index contributed by atoms with van der Waals surface area (Å²) in [5.41, 5.74) is 10.9. The van der Waals surface area contributed by atoms with Crippen molar-refractivity contribution in [2.24, 2.45) is 23.3 Å². The largest absolute Gasteiger partial charge is 0.480 e. The Morgan fingerprint density at radius 3 is 1.83 bits per heavy atom. The van der Waals surface area contributed by atoms with E-state index in [1.54, 1.807) is 27.7 Å². The van der Waals surface area contributed by atoms with Gasteiger partial charge in [-0.25, -0.2) is 4.79 Å². The second-order valence-electron chi connectivity index (χ2n) is 7.46. The van der Waals surface area contributed by atoms with Gasteiger partial charge in [-0.15, -0.1) is 0 Å². The van der Waals surface area contributed by atoms with E-state index in [0.29, 0.717) is 6.42 Å². The molecule has 0 aliphatic rings. The number of hydrogen-bond acceptors (Lipinski definition) is 7. The SMILES string of the molecule is CCC(C)C(NC(=O)C(N)C(C)C)C(=O)NC(CC(N)=O)C(=O)NC(CO)C(=O)O. The fourth-order valence-corrected chi connectivity index (χ4v) is 2.38. The van der Waals surface area contributed by atoms with Crippen LogP contribution in [0.15, 0.2) is 0 Å². The molecule has 9 N–H and O–H groups in total. The summed E-state index contributed by atoms with van der Waals surface area (Å²) in [5, 5.41) is 24.9. The van der Waals surface area contributed by atoms with Gasteiger partial charge in [0, 0.05) is 0 Å². The van der Waals surface area contributed by atoms with Crippen molar-refractivity contribution in [3.05, 3.63) is 0 Å². The molecular formula is C18H33N5O7. The molecular weight excluding hydrogens is 398 g/mol. The van der Waals surface area contributed by atoms with Crippen LogP contribution in [0.25, 0.3) is 0 Å². The molecule has 4 amide bonds. The standard InChI is InChI=1S/C18H33N5O7/c1-5-9(4)14(23-16(27)13(20)8(2)3)17(28)21-10(6-12(19)25)15(26)22-11(7-24)18(29)30/h8-11,13-14,24H,5-7,20H2,1-4H3,(H2,19,25)(H,21,28)(H,22,26)(H,23,27)(H,29,30). The minimum atomic E-state index is -1.63. The highest BCUT2D eigenvalue weighted by atomic mass is 16.4. The van der Waals surface area contributed by atoms with Crippen molar-refractivity contribution >= 4 is 29.6 Å². The number of aliphatic hydroxyl groups excluding tert-OH is 1. The number of amides is 4. The zero-order chi connectivity index (χ0) is 23.6.